The number of aryl methyl sites for hydroxylation is 1. The van der Waals surface area contributed by atoms with Gasteiger partial charge in [0, 0.05) is 37.2 Å². The maximum atomic E-state index is 13.8. The fraction of sp³-hybridized carbons (Fsp3) is 0.148. The van der Waals surface area contributed by atoms with Crippen molar-refractivity contribution in [3.63, 3.8) is 0 Å². The van der Waals surface area contributed by atoms with Crippen LogP contribution in [-0.4, -0.2) is 42.9 Å². The molecule has 0 aliphatic heterocycles. The first-order valence-electron chi connectivity index (χ1n) is 11.7. The molecular weight excluding hydrogens is 473 g/mol. The highest BCUT2D eigenvalue weighted by molar-refractivity contribution is 6.09. The van der Waals surface area contributed by atoms with Crippen LogP contribution >= 0.6 is 0 Å². The number of carbonyl (C=O) groups excluding carboxylic acids is 2. The maximum absolute atomic E-state index is 13.8. The highest BCUT2D eigenvalue weighted by Gasteiger charge is 2.34. The molecule has 0 bridgehead atoms. The molecule has 37 heavy (non-hydrogen) atoms. The van der Waals surface area contributed by atoms with Crippen LogP contribution in [0.15, 0.2) is 85.8 Å². The second-order valence-electron chi connectivity index (χ2n) is 8.53. The van der Waals surface area contributed by atoms with Crippen molar-refractivity contribution in [2.75, 3.05) is 11.4 Å². The number of pyridine rings is 1. The van der Waals surface area contributed by atoms with Gasteiger partial charge < -0.3 is 14.9 Å². The van der Waals surface area contributed by atoms with Gasteiger partial charge in [0.05, 0.1) is 29.9 Å². The van der Waals surface area contributed by atoms with Gasteiger partial charge in [-0.1, -0.05) is 18.2 Å². The van der Waals surface area contributed by atoms with E-state index in [1.165, 1.54) is 29.6 Å². The summed E-state index contributed by atoms with van der Waals surface area (Å²) < 4.78 is 15.5. The number of amides is 2. The molecule has 3 heterocycles. The Morgan fingerprint density at radius 2 is 2.00 bits per heavy atom. The number of hydrogen-bond acceptors (Lipinski definition) is 5. The molecule has 0 saturated carbocycles. The highest BCUT2D eigenvalue weighted by atomic mass is 19.1. The number of aromatic amines is 1. The average Bonchev–Trinajstić information content (AvgIpc) is 3.57. The molecule has 10 heteroatoms. The van der Waals surface area contributed by atoms with Crippen LogP contribution in [0.4, 0.5) is 10.1 Å². The van der Waals surface area contributed by atoms with E-state index in [9.17, 15) is 14.0 Å². The minimum Gasteiger partial charge on any atom is -0.354 e. The number of H-pyrrole nitrogens is 1. The maximum Gasteiger partial charge on any atom is 0.277 e. The average molecular weight is 498 g/mol. The zero-order valence-corrected chi connectivity index (χ0v) is 20.0. The standard InChI is InChI=1S/C27H24FN7O2/c1-34-17-33-22-13-21(7-8-24(22)34)35(27(37)23-15-30-16-32-23)25(19-5-3-10-29-14-19)26(36)31-11-9-18-4-2-6-20(28)12-18/h2-8,10,12-17,25H,9,11H2,1H3,(H,30,32)(H,31,36). The third-order valence-electron chi connectivity index (χ3n) is 6.04. The van der Waals surface area contributed by atoms with Gasteiger partial charge in [-0.3, -0.25) is 19.5 Å². The van der Waals surface area contributed by atoms with Crippen molar-refractivity contribution in [2.24, 2.45) is 7.05 Å². The summed E-state index contributed by atoms with van der Waals surface area (Å²) in [6, 6.07) is 14.0. The minimum atomic E-state index is -1.04. The molecule has 0 fully saturated rings. The summed E-state index contributed by atoms with van der Waals surface area (Å²) in [5.41, 5.74) is 3.56. The van der Waals surface area contributed by atoms with E-state index in [1.54, 1.807) is 55.1 Å². The van der Waals surface area contributed by atoms with Gasteiger partial charge in [-0.25, -0.2) is 14.4 Å². The van der Waals surface area contributed by atoms with Crippen LogP contribution in [0.1, 0.15) is 27.7 Å². The Hall–Kier alpha value is -4.86. The zero-order valence-electron chi connectivity index (χ0n) is 20.0. The molecule has 0 saturated heterocycles. The van der Waals surface area contributed by atoms with Crippen LogP contribution in [0.3, 0.4) is 0 Å². The Balaban J connectivity index is 1.52. The van der Waals surface area contributed by atoms with Gasteiger partial charge >= 0.3 is 0 Å². The molecule has 0 spiro atoms. The number of anilines is 1. The van der Waals surface area contributed by atoms with Gasteiger partial charge in [-0.05, 0) is 48.4 Å². The predicted molar refractivity (Wildman–Crippen MR) is 136 cm³/mol. The van der Waals surface area contributed by atoms with Crippen LogP contribution in [0.25, 0.3) is 11.0 Å². The second kappa shape index (κ2) is 10.4. The number of aromatic nitrogens is 5. The van der Waals surface area contributed by atoms with Gasteiger partial charge in [0.1, 0.15) is 17.6 Å². The van der Waals surface area contributed by atoms with Gasteiger partial charge in [0.15, 0.2) is 0 Å². The molecule has 5 rings (SSSR count). The Kier molecular flexibility index (Phi) is 6.71. The van der Waals surface area contributed by atoms with Crippen LogP contribution in [0.5, 0.6) is 0 Å². The monoisotopic (exact) mass is 497 g/mol. The number of rotatable bonds is 8. The molecule has 0 radical (unpaired) electrons. The number of hydrogen-bond donors (Lipinski definition) is 2. The summed E-state index contributed by atoms with van der Waals surface area (Å²) >= 11 is 0. The predicted octanol–water partition coefficient (Wildman–Crippen LogP) is 3.58. The second-order valence-corrected chi connectivity index (χ2v) is 8.53. The molecule has 1 atom stereocenters. The van der Waals surface area contributed by atoms with Crippen molar-refractivity contribution >= 4 is 28.5 Å². The number of nitrogens with zero attached hydrogens (tertiary/aromatic N) is 5. The smallest absolute Gasteiger partial charge is 0.277 e. The number of carbonyl (C=O) groups is 2. The van der Waals surface area contributed by atoms with Crippen LogP contribution < -0.4 is 10.2 Å². The van der Waals surface area contributed by atoms with Gasteiger partial charge in [-0.2, -0.15) is 0 Å². The van der Waals surface area contributed by atoms with Crippen molar-refractivity contribution < 1.29 is 14.0 Å². The normalized spacial score (nSPS) is 11.8. The lowest BCUT2D eigenvalue weighted by Gasteiger charge is -2.31. The van der Waals surface area contributed by atoms with E-state index >= 15 is 0 Å². The Bertz CT molecular complexity index is 1530. The first-order chi connectivity index (χ1) is 18.0. The molecule has 5 aromatic rings. The Labute approximate surface area is 212 Å². The van der Waals surface area contributed by atoms with E-state index in [4.69, 9.17) is 0 Å². The molecule has 3 aromatic heterocycles. The van der Waals surface area contributed by atoms with Crippen LogP contribution in [0.2, 0.25) is 0 Å². The van der Waals surface area contributed by atoms with Crippen LogP contribution in [0, 0.1) is 5.82 Å². The SMILES string of the molecule is Cn1cnc2cc(N(C(=O)c3cnc[nH]3)C(C(=O)NCCc3cccc(F)c3)c3cccnc3)ccc21. The van der Waals surface area contributed by atoms with E-state index in [0.717, 1.165) is 11.1 Å². The minimum absolute atomic E-state index is 0.225. The first kappa shape index (κ1) is 23.9. The van der Waals surface area contributed by atoms with E-state index < -0.39 is 17.9 Å². The van der Waals surface area contributed by atoms with Crippen molar-refractivity contribution in [3.05, 3.63) is 108 Å². The van der Waals surface area contributed by atoms with Crippen molar-refractivity contribution in [3.8, 4) is 0 Å². The quantitative estimate of drug-likeness (QED) is 0.341. The summed E-state index contributed by atoms with van der Waals surface area (Å²) in [6.45, 7) is 0.254. The third-order valence-corrected chi connectivity index (χ3v) is 6.04. The Morgan fingerprint density at radius 1 is 1.11 bits per heavy atom. The Morgan fingerprint density at radius 3 is 2.76 bits per heavy atom. The molecular formula is C27H24FN7O2. The van der Waals surface area contributed by atoms with Crippen molar-refractivity contribution in [1.29, 1.82) is 0 Å². The number of nitrogens with one attached hydrogen (secondary N) is 2. The fourth-order valence-electron chi connectivity index (χ4n) is 4.24. The number of fused-ring (bicyclic) bond motifs is 1. The van der Waals surface area contributed by atoms with E-state index in [0.29, 0.717) is 23.2 Å². The fourth-order valence-corrected chi connectivity index (χ4v) is 4.24. The number of halogens is 1. The topological polar surface area (TPSA) is 109 Å². The third kappa shape index (κ3) is 5.08. The van der Waals surface area contributed by atoms with E-state index in [-0.39, 0.29) is 18.1 Å². The molecule has 2 amide bonds. The van der Waals surface area contributed by atoms with Crippen molar-refractivity contribution in [2.45, 2.75) is 12.5 Å². The number of imidazole rings is 2. The van der Waals surface area contributed by atoms with Gasteiger partial charge in [0.2, 0.25) is 5.91 Å². The highest BCUT2D eigenvalue weighted by Crippen LogP contribution is 2.31. The summed E-state index contributed by atoms with van der Waals surface area (Å²) in [7, 11) is 1.88. The summed E-state index contributed by atoms with van der Waals surface area (Å²) in [5, 5.41) is 2.91. The molecule has 186 valence electrons. The summed E-state index contributed by atoms with van der Waals surface area (Å²) in [4.78, 5) is 44.3. The molecule has 9 nitrogen and oxygen atoms in total. The summed E-state index contributed by atoms with van der Waals surface area (Å²) in [6.07, 6.45) is 8.10. The molecule has 0 aliphatic carbocycles. The van der Waals surface area contributed by atoms with E-state index in [1.807, 2.05) is 17.7 Å². The van der Waals surface area contributed by atoms with Gasteiger partial charge in [0.25, 0.3) is 5.91 Å². The lowest BCUT2D eigenvalue weighted by atomic mass is 10.0. The number of benzene rings is 2. The lowest BCUT2D eigenvalue weighted by molar-refractivity contribution is -0.122. The van der Waals surface area contributed by atoms with Gasteiger partial charge in [-0.15, -0.1) is 0 Å². The zero-order chi connectivity index (χ0) is 25.8. The van der Waals surface area contributed by atoms with E-state index in [2.05, 4.69) is 25.3 Å². The molecule has 2 aromatic carbocycles. The lowest BCUT2D eigenvalue weighted by Crippen LogP contribution is -2.44. The molecule has 1 unspecified atom stereocenters. The molecule has 2 N–H and O–H groups in total. The summed E-state index contributed by atoms with van der Waals surface area (Å²) in [5.74, 6) is -1.18. The first-order valence-corrected chi connectivity index (χ1v) is 11.7. The van der Waals surface area contributed by atoms with Crippen LogP contribution in [-0.2, 0) is 18.3 Å². The largest absolute Gasteiger partial charge is 0.354 e. The molecule has 0 aliphatic rings. The van der Waals surface area contributed by atoms with Crippen molar-refractivity contribution in [1.82, 2.24) is 29.8 Å².